The summed E-state index contributed by atoms with van der Waals surface area (Å²) in [6, 6.07) is 9.60. The molecule has 0 saturated carbocycles. The largest absolute Gasteiger partial charge is 0.482 e. The van der Waals surface area contributed by atoms with E-state index in [1.807, 2.05) is 19.9 Å². The molecule has 0 aliphatic carbocycles. The van der Waals surface area contributed by atoms with E-state index in [1.165, 1.54) is 12.1 Å². The smallest absolute Gasteiger partial charge is 0.416 e. The Labute approximate surface area is 154 Å². The Kier molecular flexibility index (Phi) is 6.44. The molecule has 144 valence electrons. The van der Waals surface area contributed by atoms with Crippen LogP contribution in [0.4, 0.5) is 18.9 Å². The van der Waals surface area contributed by atoms with Gasteiger partial charge in [0.25, 0.3) is 5.91 Å². The molecule has 0 bridgehead atoms. The molecule has 0 radical (unpaired) electrons. The zero-order valence-electron chi connectivity index (χ0n) is 14.7. The number of rotatable bonds is 6. The fourth-order valence-electron chi connectivity index (χ4n) is 2.34. The van der Waals surface area contributed by atoms with E-state index in [0.717, 1.165) is 23.3 Å². The van der Waals surface area contributed by atoms with Crippen molar-refractivity contribution in [1.29, 1.82) is 0 Å². The van der Waals surface area contributed by atoms with Crippen molar-refractivity contribution in [3.05, 3.63) is 59.2 Å². The maximum Gasteiger partial charge on any atom is 0.416 e. The normalized spacial score (nSPS) is 11.0. The first-order chi connectivity index (χ1) is 12.6. The number of amides is 1. The first kappa shape index (κ1) is 20.3. The SMILES string of the molecule is Cc1cc(C)cc(NC(=O)COC(=O)COc2cccc(C(F)(F)F)c2)c1. The van der Waals surface area contributed by atoms with Crippen LogP contribution in [-0.2, 0) is 20.5 Å². The lowest BCUT2D eigenvalue weighted by Crippen LogP contribution is -2.23. The van der Waals surface area contributed by atoms with Gasteiger partial charge in [-0.05, 0) is 55.3 Å². The monoisotopic (exact) mass is 381 g/mol. The van der Waals surface area contributed by atoms with E-state index in [0.29, 0.717) is 5.69 Å². The lowest BCUT2D eigenvalue weighted by atomic mass is 10.1. The van der Waals surface area contributed by atoms with Gasteiger partial charge in [0.15, 0.2) is 13.2 Å². The number of ether oxygens (including phenoxy) is 2. The molecule has 0 heterocycles. The summed E-state index contributed by atoms with van der Waals surface area (Å²) in [6.07, 6.45) is -4.51. The molecule has 0 aliphatic rings. The van der Waals surface area contributed by atoms with Crippen LogP contribution in [0, 0.1) is 13.8 Å². The molecule has 0 spiro atoms. The standard InChI is InChI=1S/C19H18F3NO4/c1-12-6-13(2)8-15(7-12)23-17(24)10-27-18(25)11-26-16-5-3-4-14(9-16)19(20,21)22/h3-9H,10-11H2,1-2H3,(H,23,24). The minimum Gasteiger partial charge on any atom is -0.482 e. The molecular formula is C19H18F3NO4. The number of aryl methyl sites for hydroxylation is 2. The summed E-state index contributed by atoms with van der Waals surface area (Å²) in [4.78, 5) is 23.4. The number of hydrogen-bond acceptors (Lipinski definition) is 4. The quantitative estimate of drug-likeness (QED) is 0.772. The predicted molar refractivity (Wildman–Crippen MR) is 92.4 cm³/mol. The second kappa shape index (κ2) is 8.57. The van der Waals surface area contributed by atoms with Crippen molar-refractivity contribution in [3.63, 3.8) is 0 Å². The molecule has 0 aromatic heterocycles. The minimum absolute atomic E-state index is 0.124. The average Bonchev–Trinajstić information content (AvgIpc) is 2.56. The van der Waals surface area contributed by atoms with Gasteiger partial charge < -0.3 is 14.8 Å². The van der Waals surface area contributed by atoms with Gasteiger partial charge in [-0.25, -0.2) is 4.79 Å². The van der Waals surface area contributed by atoms with Crippen LogP contribution >= 0.6 is 0 Å². The van der Waals surface area contributed by atoms with E-state index < -0.39 is 36.8 Å². The predicted octanol–water partition coefficient (Wildman–Crippen LogP) is 3.88. The van der Waals surface area contributed by atoms with E-state index in [4.69, 9.17) is 9.47 Å². The Morgan fingerprint density at radius 2 is 1.67 bits per heavy atom. The highest BCUT2D eigenvalue weighted by molar-refractivity contribution is 5.93. The fourth-order valence-corrected chi connectivity index (χ4v) is 2.34. The molecule has 0 unspecified atom stereocenters. The zero-order chi connectivity index (χ0) is 20.0. The summed E-state index contributed by atoms with van der Waals surface area (Å²) in [5.74, 6) is -1.53. The fraction of sp³-hybridized carbons (Fsp3) is 0.263. The topological polar surface area (TPSA) is 64.6 Å². The van der Waals surface area contributed by atoms with E-state index in [-0.39, 0.29) is 5.75 Å². The number of esters is 1. The number of anilines is 1. The highest BCUT2D eigenvalue weighted by Gasteiger charge is 2.30. The summed E-state index contributed by atoms with van der Waals surface area (Å²) < 4.78 is 47.6. The third kappa shape index (κ3) is 6.65. The van der Waals surface area contributed by atoms with Crippen molar-refractivity contribution in [1.82, 2.24) is 0 Å². The van der Waals surface area contributed by atoms with Crippen LogP contribution in [0.25, 0.3) is 0 Å². The molecular weight excluding hydrogens is 363 g/mol. The first-order valence-corrected chi connectivity index (χ1v) is 7.97. The van der Waals surface area contributed by atoms with Crippen molar-refractivity contribution in [2.45, 2.75) is 20.0 Å². The minimum atomic E-state index is -4.51. The Balaban J connectivity index is 1.80. The third-order valence-electron chi connectivity index (χ3n) is 3.39. The molecule has 2 aromatic rings. The van der Waals surface area contributed by atoms with Gasteiger partial charge in [-0.2, -0.15) is 13.2 Å². The number of benzene rings is 2. The number of carbonyl (C=O) groups excluding carboxylic acids is 2. The molecule has 8 heteroatoms. The summed E-state index contributed by atoms with van der Waals surface area (Å²) in [5.41, 5.74) is 1.63. The van der Waals surface area contributed by atoms with Gasteiger partial charge in [0.05, 0.1) is 5.56 Å². The van der Waals surface area contributed by atoms with E-state index in [2.05, 4.69) is 5.32 Å². The number of alkyl halides is 3. The molecule has 0 aliphatic heterocycles. The van der Waals surface area contributed by atoms with Gasteiger partial charge in [0.2, 0.25) is 0 Å². The van der Waals surface area contributed by atoms with Crippen LogP contribution in [-0.4, -0.2) is 25.1 Å². The molecule has 27 heavy (non-hydrogen) atoms. The Bertz CT molecular complexity index is 814. The van der Waals surface area contributed by atoms with Crippen LogP contribution in [0.2, 0.25) is 0 Å². The van der Waals surface area contributed by atoms with Crippen molar-refractivity contribution >= 4 is 17.6 Å². The van der Waals surface area contributed by atoms with Gasteiger partial charge in [0.1, 0.15) is 5.75 Å². The van der Waals surface area contributed by atoms with E-state index in [9.17, 15) is 22.8 Å². The zero-order valence-corrected chi connectivity index (χ0v) is 14.7. The maximum atomic E-state index is 12.6. The lowest BCUT2D eigenvalue weighted by molar-refractivity contribution is -0.149. The maximum absolute atomic E-state index is 12.6. The second-order valence-electron chi connectivity index (χ2n) is 5.90. The number of halogens is 3. The molecule has 0 atom stereocenters. The summed E-state index contributed by atoms with van der Waals surface area (Å²) in [7, 11) is 0. The molecule has 1 amide bonds. The number of hydrogen-bond donors (Lipinski definition) is 1. The molecule has 2 aromatic carbocycles. The lowest BCUT2D eigenvalue weighted by Gasteiger charge is -2.10. The summed E-state index contributed by atoms with van der Waals surface area (Å²) in [6.45, 7) is 2.62. The van der Waals surface area contributed by atoms with Crippen LogP contribution in [0.3, 0.4) is 0 Å². The van der Waals surface area contributed by atoms with Crippen molar-refractivity contribution in [2.24, 2.45) is 0 Å². The van der Waals surface area contributed by atoms with Gasteiger partial charge in [-0.15, -0.1) is 0 Å². The third-order valence-corrected chi connectivity index (χ3v) is 3.39. The van der Waals surface area contributed by atoms with E-state index in [1.54, 1.807) is 12.1 Å². The summed E-state index contributed by atoms with van der Waals surface area (Å²) >= 11 is 0. The highest BCUT2D eigenvalue weighted by Crippen LogP contribution is 2.31. The molecule has 5 nitrogen and oxygen atoms in total. The number of carbonyl (C=O) groups is 2. The average molecular weight is 381 g/mol. The number of nitrogens with one attached hydrogen (secondary N) is 1. The van der Waals surface area contributed by atoms with Crippen molar-refractivity contribution < 1.29 is 32.2 Å². The molecule has 0 saturated heterocycles. The van der Waals surface area contributed by atoms with Crippen LogP contribution in [0.15, 0.2) is 42.5 Å². The van der Waals surface area contributed by atoms with Crippen molar-refractivity contribution in [2.75, 3.05) is 18.5 Å². The summed E-state index contributed by atoms with van der Waals surface area (Å²) in [5, 5.41) is 2.59. The van der Waals surface area contributed by atoms with Gasteiger partial charge in [-0.3, -0.25) is 4.79 Å². The Hall–Kier alpha value is -3.03. The van der Waals surface area contributed by atoms with Crippen molar-refractivity contribution in [3.8, 4) is 5.75 Å². The van der Waals surface area contributed by atoms with Crippen LogP contribution < -0.4 is 10.1 Å². The van der Waals surface area contributed by atoms with E-state index >= 15 is 0 Å². The highest BCUT2D eigenvalue weighted by atomic mass is 19.4. The molecule has 1 N–H and O–H groups in total. The van der Waals surface area contributed by atoms with Gasteiger partial charge in [0, 0.05) is 5.69 Å². The van der Waals surface area contributed by atoms with Gasteiger partial charge in [-0.1, -0.05) is 12.1 Å². The molecule has 0 fully saturated rings. The molecule has 2 rings (SSSR count). The van der Waals surface area contributed by atoms with Crippen LogP contribution in [0.5, 0.6) is 5.75 Å². The van der Waals surface area contributed by atoms with Gasteiger partial charge >= 0.3 is 12.1 Å². The second-order valence-corrected chi connectivity index (χ2v) is 5.90. The Morgan fingerprint density at radius 3 is 2.30 bits per heavy atom. The Morgan fingerprint density at radius 1 is 1.00 bits per heavy atom. The first-order valence-electron chi connectivity index (χ1n) is 7.97. The van der Waals surface area contributed by atoms with Crippen LogP contribution in [0.1, 0.15) is 16.7 Å².